The van der Waals surface area contributed by atoms with Crippen molar-refractivity contribution in [2.75, 3.05) is 0 Å². The van der Waals surface area contributed by atoms with Crippen LogP contribution < -0.4 is 0 Å². The lowest BCUT2D eigenvalue weighted by Crippen LogP contribution is -1.99. The predicted molar refractivity (Wildman–Crippen MR) is 53.7 cm³/mol. The molecule has 0 spiro atoms. The molecule has 0 aromatic heterocycles. The normalized spacial score (nSPS) is 11.7. The number of benzene rings is 1. The van der Waals surface area contributed by atoms with E-state index >= 15 is 0 Å². The molecule has 0 saturated heterocycles. The Hall–Kier alpha value is -0.100. The summed E-state index contributed by atoms with van der Waals surface area (Å²) in [5, 5.41) is 0.287. The van der Waals surface area contributed by atoms with Crippen molar-refractivity contribution >= 4 is 37.6 Å². The first-order chi connectivity index (χ1) is 5.84. The monoisotopic (exact) mass is 284 g/mol. The lowest BCUT2D eigenvalue weighted by atomic mass is 10.2. The average Bonchev–Trinajstić information content (AvgIpc) is 1.98. The summed E-state index contributed by atoms with van der Waals surface area (Å²) in [6.45, 7) is 1.74. The molecule has 1 N–H and O–H groups in total. The van der Waals surface area contributed by atoms with Crippen LogP contribution in [0.15, 0.2) is 21.5 Å². The molecule has 13 heavy (non-hydrogen) atoms. The second-order valence-corrected chi connectivity index (χ2v) is 5.04. The molecule has 0 heterocycles. The lowest BCUT2D eigenvalue weighted by molar-refractivity contribution is 0.482. The van der Waals surface area contributed by atoms with E-state index in [1.807, 2.05) is 0 Å². The van der Waals surface area contributed by atoms with Crippen molar-refractivity contribution in [3.05, 3.63) is 27.2 Å². The van der Waals surface area contributed by atoms with Crippen LogP contribution in [0.3, 0.4) is 0 Å². The zero-order chi connectivity index (χ0) is 10.2. The highest BCUT2D eigenvalue weighted by Gasteiger charge is 2.16. The van der Waals surface area contributed by atoms with Gasteiger partial charge < -0.3 is 0 Å². The van der Waals surface area contributed by atoms with Crippen molar-refractivity contribution in [2.24, 2.45) is 0 Å². The Morgan fingerprint density at radius 1 is 1.46 bits per heavy atom. The Bertz CT molecular complexity index is 441. The first kappa shape index (κ1) is 11.0. The van der Waals surface area contributed by atoms with E-state index in [1.54, 1.807) is 6.92 Å². The molecule has 0 aliphatic heterocycles. The summed E-state index contributed by atoms with van der Waals surface area (Å²) in [6.07, 6.45) is 0. The van der Waals surface area contributed by atoms with Crippen LogP contribution in [0, 0.1) is 6.92 Å². The number of aryl methyl sites for hydroxylation is 1. The SMILES string of the molecule is Cc1ccc(S(=O)(=O)O)c(Br)c1Cl. The fourth-order valence-electron chi connectivity index (χ4n) is 0.828. The molecule has 3 nitrogen and oxygen atoms in total. The molecule has 0 aliphatic carbocycles. The Labute approximate surface area is 89.6 Å². The minimum absolute atomic E-state index is 0.191. The first-order valence-electron chi connectivity index (χ1n) is 3.26. The van der Waals surface area contributed by atoms with Gasteiger partial charge in [0, 0.05) is 0 Å². The second kappa shape index (κ2) is 3.57. The van der Waals surface area contributed by atoms with E-state index in [1.165, 1.54) is 12.1 Å². The predicted octanol–water partition coefficient (Wildman–Crippen LogP) is 2.66. The summed E-state index contributed by atoms with van der Waals surface area (Å²) in [5.74, 6) is 0. The third-order valence-electron chi connectivity index (χ3n) is 1.52. The van der Waals surface area contributed by atoms with Crippen LogP contribution in [0.4, 0.5) is 0 Å². The van der Waals surface area contributed by atoms with Crippen molar-refractivity contribution < 1.29 is 13.0 Å². The van der Waals surface area contributed by atoms with Gasteiger partial charge in [0.1, 0.15) is 4.90 Å². The van der Waals surface area contributed by atoms with Crippen LogP contribution in [-0.4, -0.2) is 13.0 Å². The minimum Gasteiger partial charge on any atom is -0.282 e. The summed E-state index contributed by atoms with van der Waals surface area (Å²) in [7, 11) is -4.20. The van der Waals surface area contributed by atoms with Gasteiger partial charge in [-0.15, -0.1) is 0 Å². The molecule has 1 aromatic carbocycles. The zero-order valence-electron chi connectivity index (χ0n) is 6.58. The summed E-state index contributed by atoms with van der Waals surface area (Å²) in [5.41, 5.74) is 0.737. The lowest BCUT2D eigenvalue weighted by Gasteiger charge is -2.04. The Balaban J connectivity index is 3.53. The molecule has 0 bridgehead atoms. The quantitative estimate of drug-likeness (QED) is 0.807. The fourth-order valence-corrected chi connectivity index (χ4v) is 2.68. The average molecular weight is 286 g/mol. The summed E-state index contributed by atoms with van der Waals surface area (Å²) in [6, 6.07) is 2.82. The van der Waals surface area contributed by atoms with Crippen molar-refractivity contribution in [2.45, 2.75) is 11.8 Å². The van der Waals surface area contributed by atoms with Gasteiger partial charge in [0.15, 0.2) is 0 Å². The number of hydrogen-bond acceptors (Lipinski definition) is 2. The van der Waals surface area contributed by atoms with Crippen LogP contribution >= 0.6 is 27.5 Å². The van der Waals surface area contributed by atoms with Gasteiger partial charge >= 0.3 is 0 Å². The van der Waals surface area contributed by atoms with E-state index in [4.69, 9.17) is 16.2 Å². The zero-order valence-corrected chi connectivity index (χ0v) is 9.74. The molecule has 1 aromatic rings. The number of hydrogen-bond donors (Lipinski definition) is 1. The van der Waals surface area contributed by atoms with E-state index in [9.17, 15) is 8.42 Å². The van der Waals surface area contributed by atoms with Crippen molar-refractivity contribution in [1.82, 2.24) is 0 Å². The topological polar surface area (TPSA) is 54.4 Å². The van der Waals surface area contributed by atoms with Crippen LogP contribution in [0.25, 0.3) is 0 Å². The van der Waals surface area contributed by atoms with Gasteiger partial charge in [0.05, 0.1) is 9.50 Å². The van der Waals surface area contributed by atoms with Gasteiger partial charge in [-0.05, 0) is 34.5 Å². The Morgan fingerprint density at radius 2 is 2.00 bits per heavy atom. The van der Waals surface area contributed by atoms with E-state index in [0.29, 0.717) is 0 Å². The molecule has 0 unspecified atom stereocenters. The number of halogens is 2. The molecule has 72 valence electrons. The number of rotatable bonds is 1. The molecule has 0 saturated carbocycles. The Morgan fingerprint density at radius 3 is 2.46 bits per heavy atom. The molecule has 0 aliphatic rings. The van der Waals surface area contributed by atoms with Crippen LogP contribution in [0.5, 0.6) is 0 Å². The molecule has 0 fully saturated rings. The van der Waals surface area contributed by atoms with Gasteiger partial charge in [-0.1, -0.05) is 17.7 Å². The van der Waals surface area contributed by atoms with Crippen LogP contribution in [0.2, 0.25) is 5.02 Å². The maximum absolute atomic E-state index is 10.8. The van der Waals surface area contributed by atoms with Crippen LogP contribution in [-0.2, 0) is 10.1 Å². The van der Waals surface area contributed by atoms with Gasteiger partial charge in [0.2, 0.25) is 0 Å². The molecule has 0 radical (unpaired) electrons. The molecular weight excluding hydrogens is 279 g/mol. The highest BCUT2D eigenvalue weighted by atomic mass is 79.9. The standard InChI is InChI=1S/C7H6BrClO3S/c1-4-2-3-5(13(10,11)12)6(8)7(4)9/h2-3H,1H3,(H,10,11,12). The summed E-state index contributed by atoms with van der Waals surface area (Å²) >= 11 is 8.76. The highest BCUT2D eigenvalue weighted by Crippen LogP contribution is 2.31. The van der Waals surface area contributed by atoms with Crippen molar-refractivity contribution in [3.63, 3.8) is 0 Å². The van der Waals surface area contributed by atoms with E-state index in [2.05, 4.69) is 15.9 Å². The molecule has 6 heteroatoms. The molecule has 1 rings (SSSR count). The van der Waals surface area contributed by atoms with Crippen LogP contribution in [0.1, 0.15) is 5.56 Å². The third kappa shape index (κ3) is 2.22. The van der Waals surface area contributed by atoms with Gasteiger partial charge in [-0.3, -0.25) is 4.55 Å². The largest absolute Gasteiger partial charge is 0.295 e. The second-order valence-electron chi connectivity index (χ2n) is 2.48. The minimum atomic E-state index is -4.20. The van der Waals surface area contributed by atoms with Gasteiger partial charge in [-0.2, -0.15) is 8.42 Å². The Kier molecular flexibility index (Phi) is 3.01. The summed E-state index contributed by atoms with van der Waals surface area (Å²) < 4.78 is 30.5. The third-order valence-corrected chi connectivity index (χ3v) is 4.22. The maximum atomic E-state index is 10.8. The summed E-state index contributed by atoms with van der Waals surface area (Å²) in [4.78, 5) is -0.219. The van der Waals surface area contributed by atoms with Gasteiger partial charge in [-0.25, -0.2) is 0 Å². The van der Waals surface area contributed by atoms with E-state index in [-0.39, 0.29) is 14.4 Å². The van der Waals surface area contributed by atoms with Crippen molar-refractivity contribution in [3.8, 4) is 0 Å². The smallest absolute Gasteiger partial charge is 0.282 e. The molecule has 0 atom stereocenters. The van der Waals surface area contributed by atoms with Crippen molar-refractivity contribution in [1.29, 1.82) is 0 Å². The van der Waals surface area contributed by atoms with Gasteiger partial charge in [0.25, 0.3) is 10.1 Å². The first-order valence-corrected chi connectivity index (χ1v) is 5.87. The molecule has 0 amide bonds. The van der Waals surface area contributed by atoms with E-state index < -0.39 is 10.1 Å². The van der Waals surface area contributed by atoms with E-state index in [0.717, 1.165) is 5.56 Å². The maximum Gasteiger partial charge on any atom is 0.295 e. The highest BCUT2D eigenvalue weighted by molar-refractivity contribution is 9.10. The molecular formula is C7H6BrClO3S. The fraction of sp³-hybridized carbons (Fsp3) is 0.143.